The molecule has 4 nitrogen and oxygen atoms in total. The Bertz CT molecular complexity index is 340. The molecule has 5 heteroatoms. The maximum absolute atomic E-state index is 10.9. The van der Waals surface area contributed by atoms with Crippen LogP contribution >= 0.6 is 15.9 Å². The average Bonchev–Trinajstić information content (AvgIpc) is 2.30. The summed E-state index contributed by atoms with van der Waals surface area (Å²) in [5.41, 5.74) is 1.08. The van der Waals surface area contributed by atoms with E-state index in [1.165, 1.54) is 7.11 Å². The van der Waals surface area contributed by atoms with E-state index in [0.29, 0.717) is 6.54 Å². The number of rotatable bonds is 5. The Morgan fingerprint density at radius 1 is 1.50 bits per heavy atom. The Morgan fingerprint density at radius 3 is 2.69 bits per heavy atom. The van der Waals surface area contributed by atoms with Crippen molar-refractivity contribution in [1.29, 1.82) is 0 Å². The first-order chi connectivity index (χ1) is 7.63. The van der Waals surface area contributed by atoms with Gasteiger partial charge in [-0.05, 0) is 17.7 Å². The van der Waals surface area contributed by atoms with Crippen LogP contribution in [-0.2, 0) is 16.1 Å². The van der Waals surface area contributed by atoms with Crippen LogP contribution in [0.5, 0.6) is 0 Å². The molecule has 0 saturated heterocycles. The van der Waals surface area contributed by atoms with Gasteiger partial charge in [-0.3, -0.25) is 0 Å². The number of hydrogen-bond acceptors (Lipinski definition) is 4. The molecule has 2 N–H and O–H groups in total. The smallest absolute Gasteiger partial charge is 0.336 e. The van der Waals surface area contributed by atoms with Gasteiger partial charge in [0.05, 0.1) is 7.11 Å². The number of aliphatic hydroxyl groups excluding tert-OH is 1. The molecule has 1 rings (SSSR count). The number of nitrogens with one attached hydrogen (secondary N) is 1. The molecule has 0 fully saturated rings. The maximum Gasteiger partial charge on any atom is 0.336 e. The van der Waals surface area contributed by atoms with E-state index in [1.54, 1.807) is 0 Å². The first kappa shape index (κ1) is 13.2. The normalized spacial score (nSPS) is 12.2. The largest absolute Gasteiger partial charge is 0.467 e. The third-order valence-corrected chi connectivity index (χ3v) is 2.58. The van der Waals surface area contributed by atoms with E-state index in [2.05, 4.69) is 26.0 Å². The van der Waals surface area contributed by atoms with E-state index in [0.717, 1.165) is 10.0 Å². The molecule has 0 aliphatic heterocycles. The number of carbonyl (C=O) groups excluding carboxylic acids is 1. The summed E-state index contributed by atoms with van der Waals surface area (Å²) in [6, 6.07) is 7.80. The summed E-state index contributed by atoms with van der Waals surface area (Å²) in [4.78, 5) is 10.9. The molecule has 0 radical (unpaired) electrons. The highest BCUT2D eigenvalue weighted by atomic mass is 79.9. The minimum atomic E-state index is -1.11. The first-order valence-corrected chi connectivity index (χ1v) is 5.64. The zero-order valence-corrected chi connectivity index (χ0v) is 10.5. The molecule has 0 spiro atoms. The van der Waals surface area contributed by atoms with Crippen LogP contribution in [-0.4, -0.2) is 30.8 Å². The van der Waals surface area contributed by atoms with E-state index in [-0.39, 0.29) is 6.54 Å². The monoisotopic (exact) mass is 287 g/mol. The summed E-state index contributed by atoms with van der Waals surface area (Å²) >= 11 is 3.34. The molecule has 1 aromatic rings. The van der Waals surface area contributed by atoms with E-state index >= 15 is 0 Å². The lowest BCUT2D eigenvalue weighted by Crippen LogP contribution is -2.33. The Morgan fingerprint density at radius 2 is 2.12 bits per heavy atom. The molecule has 1 aromatic carbocycles. The molecule has 0 amide bonds. The summed E-state index contributed by atoms with van der Waals surface area (Å²) in [6.45, 7) is 0.782. The van der Waals surface area contributed by atoms with Crippen molar-refractivity contribution in [3.05, 3.63) is 34.3 Å². The van der Waals surface area contributed by atoms with Gasteiger partial charge in [0.25, 0.3) is 0 Å². The number of halogens is 1. The predicted octanol–water partition coefficient (Wildman–Crippen LogP) is 1.07. The Hall–Kier alpha value is -0.910. The average molecular weight is 288 g/mol. The molecule has 0 heterocycles. The highest BCUT2D eigenvalue weighted by Crippen LogP contribution is 2.10. The third-order valence-electron chi connectivity index (χ3n) is 2.05. The summed E-state index contributed by atoms with van der Waals surface area (Å²) in [5.74, 6) is -0.622. The van der Waals surface area contributed by atoms with Crippen molar-refractivity contribution in [2.45, 2.75) is 12.6 Å². The number of carbonyl (C=O) groups is 1. The second kappa shape index (κ2) is 6.62. The highest BCUT2D eigenvalue weighted by Gasteiger charge is 2.13. The Kier molecular flexibility index (Phi) is 5.45. The number of benzene rings is 1. The fraction of sp³-hybridized carbons (Fsp3) is 0.364. The fourth-order valence-corrected chi connectivity index (χ4v) is 1.44. The summed E-state index contributed by atoms with van der Waals surface area (Å²) < 4.78 is 5.41. The second-order valence-corrected chi connectivity index (χ2v) is 4.21. The molecule has 1 atom stereocenters. The molecule has 0 aliphatic carbocycles. The second-order valence-electron chi connectivity index (χ2n) is 3.30. The van der Waals surface area contributed by atoms with E-state index in [1.807, 2.05) is 24.3 Å². The van der Waals surface area contributed by atoms with Crippen molar-refractivity contribution in [1.82, 2.24) is 5.32 Å². The molecular formula is C11H14BrNO3. The van der Waals surface area contributed by atoms with Gasteiger partial charge in [0.15, 0.2) is 6.10 Å². The van der Waals surface area contributed by atoms with Crippen LogP contribution in [0.3, 0.4) is 0 Å². The molecule has 0 aromatic heterocycles. The van der Waals surface area contributed by atoms with Gasteiger partial charge in [-0.1, -0.05) is 28.1 Å². The Labute approximate surface area is 103 Å². The van der Waals surface area contributed by atoms with Gasteiger partial charge in [-0.15, -0.1) is 0 Å². The van der Waals surface area contributed by atoms with Crippen LogP contribution in [0.4, 0.5) is 0 Å². The zero-order valence-electron chi connectivity index (χ0n) is 8.94. The number of ether oxygens (including phenoxy) is 1. The topological polar surface area (TPSA) is 58.6 Å². The van der Waals surface area contributed by atoms with Gasteiger partial charge >= 0.3 is 5.97 Å². The van der Waals surface area contributed by atoms with Crippen molar-refractivity contribution in [3.8, 4) is 0 Å². The van der Waals surface area contributed by atoms with Gasteiger partial charge < -0.3 is 15.2 Å². The van der Waals surface area contributed by atoms with E-state index < -0.39 is 12.1 Å². The van der Waals surface area contributed by atoms with Gasteiger partial charge in [0.1, 0.15) is 0 Å². The molecule has 0 saturated carbocycles. The van der Waals surface area contributed by atoms with Crippen molar-refractivity contribution < 1.29 is 14.6 Å². The summed E-state index contributed by atoms with van der Waals surface area (Å²) in [6.07, 6.45) is -1.11. The summed E-state index contributed by atoms with van der Waals surface area (Å²) in [7, 11) is 1.25. The lowest BCUT2D eigenvalue weighted by molar-refractivity contribution is -0.150. The highest BCUT2D eigenvalue weighted by molar-refractivity contribution is 9.10. The maximum atomic E-state index is 10.9. The van der Waals surface area contributed by atoms with Crippen LogP contribution < -0.4 is 5.32 Å². The van der Waals surface area contributed by atoms with E-state index in [4.69, 9.17) is 0 Å². The third kappa shape index (κ3) is 4.30. The Balaban J connectivity index is 2.30. The molecule has 0 bridgehead atoms. The fourth-order valence-electron chi connectivity index (χ4n) is 1.17. The minimum absolute atomic E-state index is 0.183. The van der Waals surface area contributed by atoms with Gasteiger partial charge in [0, 0.05) is 17.6 Å². The van der Waals surface area contributed by atoms with Gasteiger partial charge in [0.2, 0.25) is 0 Å². The van der Waals surface area contributed by atoms with Crippen LogP contribution in [0, 0.1) is 0 Å². The number of methoxy groups -OCH3 is 1. The lowest BCUT2D eigenvalue weighted by atomic mass is 10.2. The predicted molar refractivity (Wildman–Crippen MR) is 63.9 cm³/mol. The SMILES string of the molecule is COC(=O)C(O)CNCc1ccc(Br)cc1. The van der Waals surface area contributed by atoms with Gasteiger partial charge in [-0.2, -0.15) is 0 Å². The van der Waals surface area contributed by atoms with Crippen molar-refractivity contribution in [3.63, 3.8) is 0 Å². The molecule has 0 aliphatic rings. The lowest BCUT2D eigenvalue weighted by Gasteiger charge is -2.09. The minimum Gasteiger partial charge on any atom is -0.467 e. The molecule has 16 heavy (non-hydrogen) atoms. The van der Waals surface area contributed by atoms with Gasteiger partial charge in [-0.25, -0.2) is 4.79 Å². The standard InChI is InChI=1S/C11H14BrNO3/c1-16-11(15)10(14)7-13-6-8-2-4-9(12)5-3-8/h2-5,10,13-14H,6-7H2,1H3. The number of esters is 1. The molecule has 1 unspecified atom stereocenters. The first-order valence-electron chi connectivity index (χ1n) is 4.84. The molecular weight excluding hydrogens is 274 g/mol. The van der Waals surface area contributed by atoms with Crippen LogP contribution in [0.2, 0.25) is 0 Å². The van der Waals surface area contributed by atoms with Crippen molar-refractivity contribution in [2.24, 2.45) is 0 Å². The van der Waals surface area contributed by atoms with Crippen LogP contribution in [0.1, 0.15) is 5.56 Å². The van der Waals surface area contributed by atoms with E-state index in [9.17, 15) is 9.90 Å². The molecule has 88 valence electrons. The summed E-state index contributed by atoms with van der Waals surface area (Å²) in [5, 5.41) is 12.3. The number of hydrogen-bond donors (Lipinski definition) is 2. The van der Waals surface area contributed by atoms with Crippen molar-refractivity contribution in [2.75, 3.05) is 13.7 Å². The van der Waals surface area contributed by atoms with Crippen LogP contribution in [0.25, 0.3) is 0 Å². The van der Waals surface area contributed by atoms with Crippen molar-refractivity contribution >= 4 is 21.9 Å². The van der Waals surface area contributed by atoms with Crippen LogP contribution in [0.15, 0.2) is 28.7 Å². The zero-order chi connectivity index (χ0) is 12.0. The number of aliphatic hydroxyl groups is 1. The quantitative estimate of drug-likeness (QED) is 0.796.